The molecule has 2 aromatic rings. The fourth-order valence-electron chi connectivity index (χ4n) is 1.52. The predicted octanol–water partition coefficient (Wildman–Crippen LogP) is 3.38. The van der Waals surface area contributed by atoms with Gasteiger partial charge in [0.1, 0.15) is 5.82 Å². The molecule has 3 N–H and O–H groups in total. The summed E-state index contributed by atoms with van der Waals surface area (Å²) in [4.78, 5) is 4.19. The highest BCUT2D eigenvalue weighted by Gasteiger charge is 2.06. The van der Waals surface area contributed by atoms with Gasteiger partial charge in [-0.3, -0.25) is 4.98 Å². The smallest absolute Gasteiger partial charge is 0.143 e. The summed E-state index contributed by atoms with van der Waals surface area (Å²) in [5.41, 5.74) is 8.62. The lowest BCUT2D eigenvalue weighted by atomic mass is 10.2. The number of nitrogen functional groups attached to an aromatic ring is 1. The molecule has 1 aromatic heterocycles. The maximum Gasteiger partial charge on any atom is 0.143 e. The standard InChI is InChI=1S/C13H13ClFN3/c1-8-2-3-9(6-17-8)7-18-13-4-10(14)11(15)5-12(13)16/h2-6,18H,7,16H2,1H3. The summed E-state index contributed by atoms with van der Waals surface area (Å²) >= 11 is 5.71. The van der Waals surface area contributed by atoms with Crippen LogP contribution < -0.4 is 11.1 Å². The zero-order valence-electron chi connectivity index (χ0n) is 9.87. The van der Waals surface area contributed by atoms with Gasteiger partial charge in [0.2, 0.25) is 0 Å². The highest BCUT2D eigenvalue weighted by molar-refractivity contribution is 6.31. The number of rotatable bonds is 3. The first-order valence-corrected chi connectivity index (χ1v) is 5.84. The normalized spacial score (nSPS) is 10.4. The van der Waals surface area contributed by atoms with Gasteiger partial charge in [0.15, 0.2) is 0 Å². The van der Waals surface area contributed by atoms with Gasteiger partial charge in [-0.05, 0) is 24.6 Å². The van der Waals surface area contributed by atoms with Crippen LogP contribution in [0.4, 0.5) is 15.8 Å². The topological polar surface area (TPSA) is 50.9 Å². The van der Waals surface area contributed by atoms with Crippen molar-refractivity contribution in [3.8, 4) is 0 Å². The summed E-state index contributed by atoms with van der Waals surface area (Å²) in [6.07, 6.45) is 1.78. The van der Waals surface area contributed by atoms with Gasteiger partial charge in [-0.1, -0.05) is 17.7 Å². The summed E-state index contributed by atoms with van der Waals surface area (Å²) < 4.78 is 13.1. The lowest BCUT2D eigenvalue weighted by molar-refractivity contribution is 0.629. The van der Waals surface area contributed by atoms with E-state index >= 15 is 0 Å². The molecule has 0 aliphatic rings. The van der Waals surface area contributed by atoms with Crippen molar-refractivity contribution in [2.24, 2.45) is 0 Å². The number of aryl methyl sites for hydroxylation is 1. The first kappa shape index (κ1) is 12.6. The van der Waals surface area contributed by atoms with Crippen LogP contribution in [0.3, 0.4) is 0 Å². The summed E-state index contributed by atoms with van der Waals surface area (Å²) in [5.74, 6) is -0.517. The van der Waals surface area contributed by atoms with Crippen LogP contribution in [0, 0.1) is 12.7 Å². The molecule has 1 heterocycles. The van der Waals surface area contributed by atoms with Crippen molar-refractivity contribution >= 4 is 23.0 Å². The average molecular weight is 266 g/mol. The number of hydrogen-bond acceptors (Lipinski definition) is 3. The molecule has 0 bridgehead atoms. The third-order valence-electron chi connectivity index (χ3n) is 2.55. The molecule has 0 spiro atoms. The minimum Gasteiger partial charge on any atom is -0.397 e. The molecular formula is C13H13ClFN3. The zero-order chi connectivity index (χ0) is 13.1. The molecule has 0 fully saturated rings. The van der Waals surface area contributed by atoms with Crippen LogP contribution in [0.1, 0.15) is 11.3 Å². The number of anilines is 2. The Kier molecular flexibility index (Phi) is 3.67. The first-order valence-electron chi connectivity index (χ1n) is 5.46. The van der Waals surface area contributed by atoms with E-state index in [1.807, 2.05) is 19.1 Å². The molecule has 0 amide bonds. The first-order chi connectivity index (χ1) is 8.56. The Morgan fingerprint density at radius 3 is 2.83 bits per heavy atom. The zero-order valence-corrected chi connectivity index (χ0v) is 10.6. The second kappa shape index (κ2) is 5.23. The number of halogens is 2. The molecule has 0 saturated heterocycles. The summed E-state index contributed by atoms with van der Waals surface area (Å²) in [7, 11) is 0. The maximum atomic E-state index is 13.1. The molecule has 0 radical (unpaired) electrons. The van der Waals surface area contributed by atoms with Gasteiger partial charge in [-0.2, -0.15) is 0 Å². The van der Waals surface area contributed by atoms with Crippen molar-refractivity contribution < 1.29 is 4.39 Å². The Morgan fingerprint density at radius 2 is 2.17 bits per heavy atom. The molecule has 0 atom stereocenters. The Morgan fingerprint density at radius 1 is 1.39 bits per heavy atom. The second-order valence-electron chi connectivity index (χ2n) is 4.01. The lowest BCUT2D eigenvalue weighted by Gasteiger charge is -2.10. The molecule has 0 aliphatic carbocycles. The van der Waals surface area contributed by atoms with Crippen molar-refractivity contribution in [2.75, 3.05) is 11.1 Å². The van der Waals surface area contributed by atoms with E-state index < -0.39 is 5.82 Å². The molecule has 5 heteroatoms. The van der Waals surface area contributed by atoms with Crippen LogP contribution in [-0.2, 0) is 6.54 Å². The summed E-state index contributed by atoms with van der Waals surface area (Å²) in [5, 5.41) is 3.15. The van der Waals surface area contributed by atoms with E-state index in [1.54, 1.807) is 6.20 Å². The van der Waals surface area contributed by atoms with Crippen molar-refractivity contribution in [2.45, 2.75) is 13.5 Å². The predicted molar refractivity (Wildman–Crippen MR) is 72.1 cm³/mol. The molecule has 3 nitrogen and oxygen atoms in total. The molecule has 0 aliphatic heterocycles. The highest BCUT2D eigenvalue weighted by atomic mass is 35.5. The average Bonchev–Trinajstić information content (AvgIpc) is 2.34. The minimum absolute atomic E-state index is 0.0498. The number of nitrogens with zero attached hydrogens (tertiary/aromatic N) is 1. The number of pyridine rings is 1. The van der Waals surface area contributed by atoms with Gasteiger partial charge in [-0.25, -0.2) is 4.39 Å². The molecule has 0 unspecified atom stereocenters. The van der Waals surface area contributed by atoms with Gasteiger partial charge < -0.3 is 11.1 Å². The van der Waals surface area contributed by atoms with Gasteiger partial charge in [0.05, 0.1) is 16.4 Å². The SMILES string of the molecule is Cc1ccc(CNc2cc(Cl)c(F)cc2N)cn1. The summed E-state index contributed by atoms with van der Waals surface area (Å²) in [6, 6.07) is 6.58. The molecule has 94 valence electrons. The fraction of sp³-hybridized carbons (Fsp3) is 0.154. The quantitative estimate of drug-likeness (QED) is 0.837. The number of hydrogen-bond donors (Lipinski definition) is 2. The van der Waals surface area contributed by atoms with E-state index in [1.165, 1.54) is 12.1 Å². The van der Waals surface area contributed by atoms with Crippen molar-refractivity contribution in [3.05, 3.63) is 52.6 Å². The lowest BCUT2D eigenvalue weighted by Crippen LogP contribution is -2.03. The number of benzene rings is 1. The third-order valence-corrected chi connectivity index (χ3v) is 2.84. The Balaban J connectivity index is 2.10. The Labute approximate surface area is 110 Å². The Bertz CT molecular complexity index is 555. The van der Waals surface area contributed by atoms with Crippen molar-refractivity contribution in [1.82, 2.24) is 4.98 Å². The molecule has 2 rings (SSSR count). The molecule has 0 saturated carbocycles. The van der Waals surface area contributed by atoms with Crippen LogP contribution in [-0.4, -0.2) is 4.98 Å². The largest absolute Gasteiger partial charge is 0.397 e. The summed E-state index contributed by atoms with van der Waals surface area (Å²) in [6.45, 7) is 2.48. The minimum atomic E-state index is -0.517. The van der Waals surface area contributed by atoms with Crippen LogP contribution in [0.25, 0.3) is 0 Å². The van der Waals surface area contributed by atoms with E-state index in [0.29, 0.717) is 17.9 Å². The van der Waals surface area contributed by atoms with Crippen molar-refractivity contribution in [3.63, 3.8) is 0 Å². The van der Waals surface area contributed by atoms with Crippen LogP contribution in [0.5, 0.6) is 0 Å². The number of aromatic nitrogens is 1. The van der Waals surface area contributed by atoms with Crippen molar-refractivity contribution in [1.29, 1.82) is 0 Å². The van der Waals surface area contributed by atoms with E-state index in [2.05, 4.69) is 10.3 Å². The van der Waals surface area contributed by atoms with Gasteiger partial charge >= 0.3 is 0 Å². The van der Waals surface area contributed by atoms with Gasteiger partial charge in [-0.15, -0.1) is 0 Å². The van der Waals surface area contributed by atoms with Gasteiger partial charge in [0, 0.05) is 24.5 Å². The van der Waals surface area contributed by atoms with E-state index in [9.17, 15) is 4.39 Å². The maximum absolute atomic E-state index is 13.1. The fourth-order valence-corrected chi connectivity index (χ4v) is 1.68. The monoisotopic (exact) mass is 265 g/mol. The van der Waals surface area contributed by atoms with Crippen LogP contribution in [0.15, 0.2) is 30.5 Å². The van der Waals surface area contributed by atoms with E-state index in [0.717, 1.165) is 11.3 Å². The van der Waals surface area contributed by atoms with E-state index in [-0.39, 0.29) is 5.02 Å². The van der Waals surface area contributed by atoms with Crippen LogP contribution in [0.2, 0.25) is 5.02 Å². The third kappa shape index (κ3) is 2.90. The van der Waals surface area contributed by atoms with Gasteiger partial charge in [0.25, 0.3) is 0 Å². The molecular weight excluding hydrogens is 253 g/mol. The highest BCUT2D eigenvalue weighted by Crippen LogP contribution is 2.26. The number of nitrogens with two attached hydrogens (primary N) is 1. The Hall–Kier alpha value is -1.81. The molecule has 18 heavy (non-hydrogen) atoms. The van der Waals surface area contributed by atoms with Crippen LogP contribution >= 0.6 is 11.6 Å². The molecule has 1 aromatic carbocycles. The van der Waals surface area contributed by atoms with E-state index in [4.69, 9.17) is 17.3 Å². The second-order valence-corrected chi connectivity index (χ2v) is 4.42. The number of nitrogens with one attached hydrogen (secondary N) is 1.